The first-order valence-corrected chi connectivity index (χ1v) is 7.06. The van der Waals surface area contributed by atoms with E-state index >= 15 is 0 Å². The summed E-state index contributed by atoms with van der Waals surface area (Å²) in [5.41, 5.74) is 2.27. The number of hydrogen-bond acceptors (Lipinski definition) is 3. The van der Waals surface area contributed by atoms with Gasteiger partial charge in [-0.1, -0.05) is 0 Å². The van der Waals surface area contributed by atoms with Gasteiger partial charge in [-0.15, -0.1) is 0 Å². The first-order chi connectivity index (χ1) is 9.45. The second kappa shape index (κ2) is 6.04. The van der Waals surface area contributed by atoms with Crippen molar-refractivity contribution in [1.82, 2.24) is 0 Å². The van der Waals surface area contributed by atoms with E-state index in [4.69, 9.17) is 9.15 Å². The minimum atomic E-state index is 0.198. The van der Waals surface area contributed by atoms with Gasteiger partial charge in [0.25, 0.3) is 0 Å². The molecule has 1 aromatic heterocycles. The second-order valence-corrected chi connectivity index (χ2v) is 5.43. The fourth-order valence-corrected chi connectivity index (χ4v) is 2.31. The van der Waals surface area contributed by atoms with Gasteiger partial charge in [0.2, 0.25) is 0 Å². The largest absolute Gasteiger partial charge is 0.491 e. The lowest BCUT2D eigenvalue weighted by Crippen LogP contribution is -2.07. The third-order valence-electron chi connectivity index (χ3n) is 3.16. The van der Waals surface area contributed by atoms with Crippen LogP contribution in [0.25, 0.3) is 0 Å². The quantitative estimate of drug-likeness (QED) is 0.845. The third-order valence-corrected chi connectivity index (χ3v) is 3.16. The number of rotatable bonds is 5. The molecular weight excluding hydrogens is 250 g/mol. The van der Waals surface area contributed by atoms with Crippen molar-refractivity contribution in [3.63, 3.8) is 0 Å². The van der Waals surface area contributed by atoms with Crippen LogP contribution in [-0.2, 0) is 0 Å². The highest BCUT2D eigenvalue weighted by molar-refractivity contribution is 5.48. The van der Waals surface area contributed by atoms with Crippen LogP contribution in [0.2, 0.25) is 0 Å². The molecule has 1 atom stereocenters. The van der Waals surface area contributed by atoms with Crippen molar-refractivity contribution in [2.45, 2.75) is 46.8 Å². The van der Waals surface area contributed by atoms with Crippen molar-refractivity contribution in [3.05, 3.63) is 47.4 Å². The van der Waals surface area contributed by atoms with Gasteiger partial charge in [0, 0.05) is 11.3 Å². The molecule has 108 valence electrons. The molecule has 0 fully saturated rings. The highest BCUT2D eigenvalue weighted by atomic mass is 16.5. The number of benzene rings is 1. The molecule has 2 aromatic rings. The number of ether oxygens (including phenoxy) is 1. The summed E-state index contributed by atoms with van der Waals surface area (Å²) in [5, 5.41) is 3.48. The monoisotopic (exact) mass is 273 g/mol. The minimum Gasteiger partial charge on any atom is -0.491 e. The van der Waals surface area contributed by atoms with E-state index in [0.717, 1.165) is 23.0 Å². The van der Waals surface area contributed by atoms with Crippen LogP contribution in [0.1, 0.15) is 43.9 Å². The summed E-state index contributed by atoms with van der Waals surface area (Å²) < 4.78 is 11.2. The van der Waals surface area contributed by atoms with E-state index in [1.807, 2.05) is 52.0 Å². The highest BCUT2D eigenvalue weighted by Crippen LogP contribution is 2.26. The van der Waals surface area contributed by atoms with Gasteiger partial charge < -0.3 is 14.5 Å². The molecule has 3 nitrogen and oxygen atoms in total. The number of nitrogens with one attached hydrogen (secondary N) is 1. The van der Waals surface area contributed by atoms with Gasteiger partial charge in [-0.3, -0.25) is 0 Å². The first-order valence-electron chi connectivity index (χ1n) is 7.06. The molecule has 1 aromatic carbocycles. The number of anilines is 1. The van der Waals surface area contributed by atoms with E-state index in [9.17, 15) is 0 Å². The Balaban J connectivity index is 2.04. The van der Waals surface area contributed by atoms with E-state index in [1.54, 1.807) is 0 Å². The standard InChI is InChI=1S/C17H23NO2/c1-11(2)19-16-8-6-15(7-9-16)18-13(4)17-10-12(3)20-14(17)5/h6-11,13,18H,1-5H3. The van der Waals surface area contributed by atoms with Crippen LogP contribution in [0.5, 0.6) is 5.75 Å². The topological polar surface area (TPSA) is 34.4 Å². The summed E-state index contributed by atoms with van der Waals surface area (Å²) in [6, 6.07) is 10.4. The predicted molar refractivity (Wildman–Crippen MR) is 82.4 cm³/mol. The van der Waals surface area contributed by atoms with Gasteiger partial charge in [0.15, 0.2) is 0 Å². The molecule has 1 unspecified atom stereocenters. The molecule has 0 aliphatic rings. The maximum Gasteiger partial charge on any atom is 0.119 e. The van der Waals surface area contributed by atoms with Crippen LogP contribution >= 0.6 is 0 Å². The molecule has 0 radical (unpaired) electrons. The van der Waals surface area contributed by atoms with Crippen molar-refractivity contribution in [2.24, 2.45) is 0 Å². The summed E-state index contributed by atoms with van der Waals surface area (Å²) in [6.45, 7) is 10.2. The SMILES string of the molecule is Cc1cc(C(C)Nc2ccc(OC(C)C)cc2)c(C)o1. The molecule has 1 N–H and O–H groups in total. The molecule has 0 aliphatic carbocycles. The Morgan fingerprint density at radius 2 is 1.70 bits per heavy atom. The van der Waals surface area contributed by atoms with E-state index in [0.29, 0.717) is 0 Å². The zero-order chi connectivity index (χ0) is 14.7. The van der Waals surface area contributed by atoms with Crippen LogP contribution in [0, 0.1) is 13.8 Å². The molecule has 0 amide bonds. The maximum absolute atomic E-state index is 5.64. The van der Waals surface area contributed by atoms with E-state index < -0.39 is 0 Å². The van der Waals surface area contributed by atoms with E-state index in [1.165, 1.54) is 5.56 Å². The molecule has 1 heterocycles. The Morgan fingerprint density at radius 3 is 2.20 bits per heavy atom. The molecule has 3 heteroatoms. The lowest BCUT2D eigenvalue weighted by molar-refractivity contribution is 0.242. The number of hydrogen-bond donors (Lipinski definition) is 1. The zero-order valence-electron chi connectivity index (χ0n) is 12.9. The summed E-state index contributed by atoms with van der Waals surface area (Å²) in [4.78, 5) is 0. The molecule has 0 bridgehead atoms. The molecule has 0 spiro atoms. The number of furan rings is 1. The van der Waals surface area contributed by atoms with E-state index in [2.05, 4.69) is 18.3 Å². The average Bonchev–Trinajstić information content (AvgIpc) is 2.70. The molecule has 2 rings (SSSR count). The van der Waals surface area contributed by atoms with Crippen LogP contribution in [-0.4, -0.2) is 6.10 Å². The summed E-state index contributed by atoms with van der Waals surface area (Å²) in [5.74, 6) is 2.82. The Hall–Kier alpha value is -1.90. The highest BCUT2D eigenvalue weighted by Gasteiger charge is 2.12. The normalized spacial score (nSPS) is 12.5. The lowest BCUT2D eigenvalue weighted by atomic mass is 10.1. The maximum atomic E-state index is 5.64. The van der Waals surface area contributed by atoms with Gasteiger partial charge in [0.1, 0.15) is 17.3 Å². The van der Waals surface area contributed by atoms with Crippen LogP contribution in [0.4, 0.5) is 5.69 Å². The Bertz CT molecular complexity index is 555. The molecule has 20 heavy (non-hydrogen) atoms. The van der Waals surface area contributed by atoms with Crippen molar-refractivity contribution in [2.75, 3.05) is 5.32 Å². The van der Waals surface area contributed by atoms with Crippen LogP contribution in [0.15, 0.2) is 34.7 Å². The molecule has 0 saturated carbocycles. The zero-order valence-corrected chi connectivity index (χ0v) is 12.9. The fourth-order valence-electron chi connectivity index (χ4n) is 2.31. The molecule has 0 aliphatic heterocycles. The number of aryl methyl sites for hydroxylation is 2. The van der Waals surface area contributed by atoms with Crippen LogP contribution < -0.4 is 10.1 Å². The van der Waals surface area contributed by atoms with Crippen molar-refractivity contribution in [1.29, 1.82) is 0 Å². The fraction of sp³-hybridized carbons (Fsp3) is 0.412. The van der Waals surface area contributed by atoms with Crippen molar-refractivity contribution < 1.29 is 9.15 Å². The Morgan fingerprint density at radius 1 is 1.05 bits per heavy atom. The predicted octanol–water partition coefficient (Wildman–Crippen LogP) is 4.86. The summed E-state index contributed by atoms with van der Waals surface area (Å²) >= 11 is 0. The van der Waals surface area contributed by atoms with Gasteiger partial charge in [-0.2, -0.15) is 0 Å². The van der Waals surface area contributed by atoms with Gasteiger partial charge >= 0.3 is 0 Å². The Labute approximate surface area is 121 Å². The Kier molecular flexibility index (Phi) is 4.38. The van der Waals surface area contributed by atoms with Gasteiger partial charge in [0.05, 0.1) is 12.1 Å². The van der Waals surface area contributed by atoms with Crippen molar-refractivity contribution >= 4 is 5.69 Å². The second-order valence-electron chi connectivity index (χ2n) is 5.43. The van der Waals surface area contributed by atoms with Gasteiger partial charge in [-0.05, 0) is 65.0 Å². The molecular formula is C17H23NO2. The van der Waals surface area contributed by atoms with E-state index in [-0.39, 0.29) is 12.1 Å². The summed E-state index contributed by atoms with van der Waals surface area (Å²) in [7, 11) is 0. The third kappa shape index (κ3) is 3.56. The summed E-state index contributed by atoms with van der Waals surface area (Å²) in [6.07, 6.45) is 0.198. The van der Waals surface area contributed by atoms with Gasteiger partial charge in [-0.25, -0.2) is 0 Å². The first kappa shape index (κ1) is 14.5. The minimum absolute atomic E-state index is 0.198. The lowest BCUT2D eigenvalue weighted by Gasteiger charge is -2.15. The molecule has 0 saturated heterocycles. The van der Waals surface area contributed by atoms with Crippen molar-refractivity contribution in [3.8, 4) is 5.75 Å². The smallest absolute Gasteiger partial charge is 0.119 e. The van der Waals surface area contributed by atoms with Crippen LogP contribution in [0.3, 0.4) is 0 Å². The average molecular weight is 273 g/mol.